The SMILES string of the molecule is c1ccc(CNc2ncc(-c3nnc(N4C[C@@H]5C(c6cn[nH]n6)[C@@H]5C4)o3)cn2)cc1. The first-order valence-corrected chi connectivity index (χ1v) is 9.89. The third-order valence-corrected chi connectivity index (χ3v) is 5.85. The van der Waals surface area contributed by atoms with Crippen molar-refractivity contribution in [3.63, 3.8) is 0 Å². The van der Waals surface area contributed by atoms with Crippen LogP contribution in [0.25, 0.3) is 11.5 Å². The molecule has 0 spiro atoms. The Morgan fingerprint density at radius 2 is 1.83 bits per heavy atom. The van der Waals surface area contributed by atoms with Gasteiger partial charge in [0, 0.05) is 37.9 Å². The lowest BCUT2D eigenvalue weighted by Gasteiger charge is -2.15. The summed E-state index contributed by atoms with van der Waals surface area (Å²) in [6.07, 6.45) is 5.20. The maximum atomic E-state index is 5.89. The Balaban J connectivity index is 1.08. The van der Waals surface area contributed by atoms with Crippen molar-refractivity contribution in [2.24, 2.45) is 11.8 Å². The van der Waals surface area contributed by atoms with Crippen molar-refractivity contribution in [2.75, 3.05) is 23.3 Å². The van der Waals surface area contributed by atoms with Gasteiger partial charge in [0.25, 0.3) is 5.89 Å². The predicted molar refractivity (Wildman–Crippen MR) is 107 cm³/mol. The third-order valence-electron chi connectivity index (χ3n) is 5.85. The van der Waals surface area contributed by atoms with E-state index in [4.69, 9.17) is 4.42 Å². The molecule has 10 heteroatoms. The average molecular weight is 401 g/mol. The fourth-order valence-electron chi connectivity index (χ4n) is 4.26. The molecule has 1 aliphatic carbocycles. The molecule has 3 atom stereocenters. The van der Waals surface area contributed by atoms with E-state index >= 15 is 0 Å². The zero-order valence-electron chi connectivity index (χ0n) is 16.0. The maximum Gasteiger partial charge on any atom is 0.318 e. The highest BCUT2D eigenvalue weighted by Crippen LogP contribution is 2.58. The van der Waals surface area contributed by atoms with Crippen molar-refractivity contribution in [1.82, 2.24) is 35.6 Å². The summed E-state index contributed by atoms with van der Waals surface area (Å²) >= 11 is 0. The summed E-state index contributed by atoms with van der Waals surface area (Å²) in [4.78, 5) is 10.8. The summed E-state index contributed by atoms with van der Waals surface area (Å²) in [6, 6.07) is 10.7. The minimum atomic E-state index is 0.424. The van der Waals surface area contributed by atoms with E-state index in [1.54, 1.807) is 12.4 Å². The number of nitrogens with one attached hydrogen (secondary N) is 2. The highest BCUT2D eigenvalue weighted by atomic mass is 16.4. The fraction of sp³-hybridized carbons (Fsp3) is 0.300. The molecule has 0 bridgehead atoms. The number of aromatic nitrogens is 7. The number of rotatable bonds is 6. The number of anilines is 2. The molecule has 4 aromatic rings. The molecule has 1 saturated carbocycles. The standard InChI is InChI=1S/C20H19N9O/c1-2-4-12(5-3-1)6-21-19-22-7-13(8-23-19)18-26-27-20(30-18)29-10-14-15(11-29)17(14)16-9-24-28-25-16/h1-5,7-9,14-15,17H,6,10-11H2,(H,21,22,23)(H,24,25,28)/t14-,15+,17?. The van der Waals surface area contributed by atoms with Crippen molar-refractivity contribution in [1.29, 1.82) is 0 Å². The Labute approximate surface area is 171 Å². The Hall–Kier alpha value is -3.82. The van der Waals surface area contributed by atoms with E-state index in [0.717, 1.165) is 18.8 Å². The van der Waals surface area contributed by atoms with Gasteiger partial charge in [0.05, 0.1) is 17.5 Å². The van der Waals surface area contributed by atoms with Crippen molar-refractivity contribution in [3.8, 4) is 11.5 Å². The molecular weight excluding hydrogens is 382 g/mol. The molecule has 1 unspecified atom stereocenters. The van der Waals surface area contributed by atoms with Gasteiger partial charge >= 0.3 is 6.01 Å². The first kappa shape index (κ1) is 17.1. The number of hydrogen-bond donors (Lipinski definition) is 2. The van der Waals surface area contributed by atoms with E-state index in [9.17, 15) is 0 Å². The Morgan fingerprint density at radius 3 is 2.57 bits per heavy atom. The van der Waals surface area contributed by atoms with Crippen LogP contribution in [-0.4, -0.2) is 48.7 Å². The van der Waals surface area contributed by atoms with Gasteiger partial charge in [0.1, 0.15) is 0 Å². The van der Waals surface area contributed by atoms with Gasteiger partial charge in [-0.25, -0.2) is 9.97 Å². The van der Waals surface area contributed by atoms with Gasteiger partial charge < -0.3 is 14.6 Å². The molecule has 2 aliphatic rings. The van der Waals surface area contributed by atoms with Crippen molar-refractivity contribution >= 4 is 12.0 Å². The molecule has 6 rings (SSSR count). The summed E-state index contributed by atoms with van der Waals surface area (Å²) in [6.45, 7) is 2.45. The molecule has 0 amide bonds. The molecule has 10 nitrogen and oxygen atoms in total. The maximum absolute atomic E-state index is 5.89. The van der Waals surface area contributed by atoms with E-state index in [2.05, 4.69) is 57.9 Å². The Bertz CT molecular complexity index is 1110. The molecule has 0 radical (unpaired) electrons. The number of benzene rings is 1. The van der Waals surface area contributed by atoms with Gasteiger partial charge in [-0.15, -0.1) is 5.10 Å². The van der Waals surface area contributed by atoms with E-state index in [1.807, 2.05) is 24.4 Å². The largest absolute Gasteiger partial charge is 0.403 e. The second-order valence-corrected chi connectivity index (χ2v) is 7.68. The van der Waals surface area contributed by atoms with Crippen LogP contribution in [0.15, 0.2) is 53.3 Å². The molecule has 2 fully saturated rings. The number of piperidine rings is 1. The first-order valence-electron chi connectivity index (χ1n) is 9.89. The lowest BCUT2D eigenvalue weighted by Crippen LogP contribution is -2.23. The minimum Gasteiger partial charge on any atom is -0.403 e. The summed E-state index contributed by atoms with van der Waals surface area (Å²) in [5, 5.41) is 22.4. The van der Waals surface area contributed by atoms with Gasteiger partial charge in [-0.05, 0) is 17.4 Å². The molecule has 3 aromatic heterocycles. The van der Waals surface area contributed by atoms with Crippen LogP contribution >= 0.6 is 0 Å². The van der Waals surface area contributed by atoms with Gasteiger partial charge in [0.15, 0.2) is 0 Å². The quantitative estimate of drug-likeness (QED) is 0.500. The van der Waals surface area contributed by atoms with Crippen molar-refractivity contribution < 1.29 is 4.42 Å². The third kappa shape index (κ3) is 3.06. The first-order chi connectivity index (χ1) is 14.8. The predicted octanol–water partition coefficient (Wildman–Crippen LogP) is 2.11. The number of H-pyrrole nitrogens is 1. The van der Waals surface area contributed by atoms with Crippen LogP contribution in [0, 0.1) is 11.8 Å². The lowest BCUT2D eigenvalue weighted by molar-refractivity contribution is 0.543. The molecular formula is C20H19N9O. The van der Waals surface area contributed by atoms with Gasteiger partial charge in [0.2, 0.25) is 5.95 Å². The highest BCUT2D eigenvalue weighted by molar-refractivity contribution is 5.52. The van der Waals surface area contributed by atoms with E-state index < -0.39 is 0 Å². The van der Waals surface area contributed by atoms with Crippen molar-refractivity contribution in [3.05, 3.63) is 60.2 Å². The summed E-state index contributed by atoms with van der Waals surface area (Å²) in [5.74, 6) is 2.62. The molecule has 150 valence electrons. The number of aromatic amines is 1. The topological polar surface area (TPSA) is 122 Å². The summed E-state index contributed by atoms with van der Waals surface area (Å²) < 4.78 is 5.89. The zero-order chi connectivity index (χ0) is 19.9. The fourth-order valence-corrected chi connectivity index (χ4v) is 4.26. The molecule has 2 N–H and O–H groups in total. The average Bonchev–Trinajstić information content (AvgIpc) is 3.33. The zero-order valence-corrected chi connectivity index (χ0v) is 16.0. The van der Waals surface area contributed by atoms with Crippen LogP contribution in [0.4, 0.5) is 12.0 Å². The van der Waals surface area contributed by atoms with E-state index in [-0.39, 0.29) is 0 Å². The molecule has 30 heavy (non-hydrogen) atoms. The molecule has 4 heterocycles. The summed E-state index contributed by atoms with van der Waals surface area (Å²) in [5.41, 5.74) is 2.92. The van der Waals surface area contributed by atoms with Crippen molar-refractivity contribution in [2.45, 2.75) is 12.5 Å². The van der Waals surface area contributed by atoms with Crippen LogP contribution < -0.4 is 10.2 Å². The molecule has 1 aromatic carbocycles. The van der Waals surface area contributed by atoms with Crippen LogP contribution in [0.5, 0.6) is 0 Å². The van der Waals surface area contributed by atoms with Gasteiger partial charge in [-0.3, -0.25) is 0 Å². The monoisotopic (exact) mass is 401 g/mol. The van der Waals surface area contributed by atoms with E-state index in [1.165, 1.54) is 5.56 Å². The smallest absolute Gasteiger partial charge is 0.318 e. The van der Waals surface area contributed by atoms with Gasteiger partial charge in [-0.2, -0.15) is 15.4 Å². The van der Waals surface area contributed by atoms with Crippen LogP contribution in [0.2, 0.25) is 0 Å². The van der Waals surface area contributed by atoms with Crippen LogP contribution in [0.1, 0.15) is 17.2 Å². The lowest BCUT2D eigenvalue weighted by atomic mass is 10.2. The minimum absolute atomic E-state index is 0.424. The Morgan fingerprint density at radius 1 is 1.03 bits per heavy atom. The molecule has 1 aliphatic heterocycles. The van der Waals surface area contributed by atoms with Crippen LogP contribution in [0.3, 0.4) is 0 Å². The summed E-state index contributed by atoms with van der Waals surface area (Å²) in [7, 11) is 0. The number of fused-ring (bicyclic) bond motifs is 1. The highest BCUT2D eigenvalue weighted by Gasteiger charge is 2.58. The number of hydrogen-bond acceptors (Lipinski definition) is 9. The van der Waals surface area contributed by atoms with Crippen LogP contribution in [-0.2, 0) is 6.54 Å². The second-order valence-electron chi connectivity index (χ2n) is 7.68. The Kier molecular flexibility index (Phi) is 3.93. The van der Waals surface area contributed by atoms with E-state index in [0.29, 0.717) is 47.7 Å². The second kappa shape index (κ2) is 6.90. The number of nitrogens with zero attached hydrogens (tertiary/aromatic N) is 7. The normalized spacial score (nSPS) is 22.1. The van der Waals surface area contributed by atoms with Gasteiger partial charge in [-0.1, -0.05) is 35.4 Å². The molecule has 1 saturated heterocycles.